The lowest BCUT2D eigenvalue weighted by atomic mass is 9.58. The highest BCUT2D eigenvalue weighted by Crippen LogP contribution is 2.60. The van der Waals surface area contributed by atoms with Crippen molar-refractivity contribution < 1.29 is 38.7 Å². The van der Waals surface area contributed by atoms with Crippen LogP contribution in [0.3, 0.4) is 0 Å². The van der Waals surface area contributed by atoms with Crippen molar-refractivity contribution in [3.63, 3.8) is 0 Å². The van der Waals surface area contributed by atoms with Crippen molar-refractivity contribution in [2.45, 2.75) is 83.3 Å². The van der Waals surface area contributed by atoms with Crippen molar-refractivity contribution in [1.82, 2.24) is 0 Å². The van der Waals surface area contributed by atoms with Crippen LogP contribution in [0.15, 0.2) is 0 Å². The number of hydrogen-bond donors (Lipinski definition) is 1. The van der Waals surface area contributed by atoms with Crippen LogP contribution in [0.4, 0.5) is 0 Å². The van der Waals surface area contributed by atoms with Crippen molar-refractivity contribution in [1.29, 1.82) is 0 Å². The molecule has 4 aliphatic heterocycles. The summed E-state index contributed by atoms with van der Waals surface area (Å²) < 4.78 is 17.8. The van der Waals surface area contributed by atoms with Crippen LogP contribution in [0.5, 0.6) is 0 Å². The summed E-state index contributed by atoms with van der Waals surface area (Å²) in [7, 11) is 0. The minimum Gasteiger partial charge on any atom is -0.481 e. The molecule has 1 saturated carbocycles. The van der Waals surface area contributed by atoms with E-state index < -0.39 is 35.9 Å². The fraction of sp³-hybridized carbons (Fsp3) is 0.895. The predicted octanol–water partition coefficient (Wildman–Crippen LogP) is 2.60. The molecule has 0 aromatic carbocycles. The van der Waals surface area contributed by atoms with E-state index >= 15 is 0 Å². The largest absolute Gasteiger partial charge is 0.481 e. The van der Waals surface area contributed by atoms with E-state index in [4.69, 9.17) is 29.1 Å². The molecule has 4 heterocycles. The molecular weight excluding hydrogens is 356 g/mol. The molecule has 2 bridgehead atoms. The Morgan fingerprint density at radius 1 is 1.11 bits per heavy atom. The van der Waals surface area contributed by atoms with Gasteiger partial charge in [-0.1, -0.05) is 13.8 Å². The summed E-state index contributed by atoms with van der Waals surface area (Å²) in [4.78, 5) is 34.5. The Morgan fingerprint density at radius 2 is 1.89 bits per heavy atom. The SMILES string of the molecule is C[C@@H]1CCC2[C@@H](C)[C@H](OC(=O)CCC(=O)O)OC3O[C@@]4(C)CCC1[C@]32OO4. The Bertz CT molecular complexity index is 623. The van der Waals surface area contributed by atoms with Gasteiger partial charge in [0.1, 0.15) is 0 Å². The maximum absolute atomic E-state index is 12.1. The van der Waals surface area contributed by atoms with Gasteiger partial charge < -0.3 is 19.3 Å². The van der Waals surface area contributed by atoms with E-state index in [1.807, 2.05) is 13.8 Å². The lowest BCUT2D eigenvalue weighted by Crippen LogP contribution is -2.70. The van der Waals surface area contributed by atoms with E-state index in [9.17, 15) is 9.59 Å². The number of fused-ring (bicyclic) bond motifs is 2. The van der Waals surface area contributed by atoms with Gasteiger partial charge in [0.15, 0.2) is 11.9 Å². The van der Waals surface area contributed by atoms with Gasteiger partial charge in [-0.3, -0.25) is 9.59 Å². The van der Waals surface area contributed by atoms with Crippen LogP contribution in [-0.4, -0.2) is 41.0 Å². The molecule has 0 amide bonds. The number of carbonyl (C=O) groups excluding carboxylic acids is 1. The monoisotopic (exact) mass is 384 g/mol. The van der Waals surface area contributed by atoms with Crippen LogP contribution in [0.2, 0.25) is 0 Å². The minimum atomic E-state index is -1.03. The van der Waals surface area contributed by atoms with Gasteiger partial charge in [-0.2, -0.15) is 0 Å². The lowest BCUT2D eigenvalue weighted by Gasteiger charge is -2.59. The van der Waals surface area contributed by atoms with E-state index in [-0.39, 0.29) is 30.6 Å². The molecule has 8 atom stereocenters. The molecule has 0 radical (unpaired) electrons. The average molecular weight is 384 g/mol. The number of rotatable bonds is 4. The van der Waals surface area contributed by atoms with Gasteiger partial charge in [0.25, 0.3) is 0 Å². The first-order chi connectivity index (χ1) is 12.7. The fourth-order valence-electron chi connectivity index (χ4n) is 5.40. The average Bonchev–Trinajstić information content (AvgIpc) is 2.84. The Labute approximate surface area is 158 Å². The van der Waals surface area contributed by atoms with E-state index in [0.717, 1.165) is 19.3 Å². The van der Waals surface area contributed by atoms with E-state index in [2.05, 4.69) is 6.92 Å². The third-order valence-corrected chi connectivity index (χ3v) is 6.89. The highest BCUT2D eigenvalue weighted by molar-refractivity contribution is 5.76. The van der Waals surface area contributed by atoms with Crippen molar-refractivity contribution in [2.24, 2.45) is 23.7 Å². The number of aliphatic carboxylic acids is 1. The molecule has 5 rings (SSSR count). The second kappa shape index (κ2) is 6.69. The first-order valence-corrected chi connectivity index (χ1v) is 9.86. The van der Waals surface area contributed by atoms with Crippen molar-refractivity contribution in [3.05, 3.63) is 0 Å². The summed E-state index contributed by atoms with van der Waals surface area (Å²) in [6.07, 6.45) is 1.72. The fourth-order valence-corrected chi connectivity index (χ4v) is 5.40. The number of hydrogen-bond acceptors (Lipinski definition) is 7. The Kier molecular flexibility index (Phi) is 4.73. The maximum Gasteiger partial charge on any atom is 0.308 e. The van der Waals surface area contributed by atoms with Crippen molar-refractivity contribution in [2.75, 3.05) is 0 Å². The molecule has 1 aliphatic carbocycles. The third-order valence-electron chi connectivity index (χ3n) is 6.89. The van der Waals surface area contributed by atoms with Crippen molar-refractivity contribution >= 4 is 11.9 Å². The molecule has 27 heavy (non-hydrogen) atoms. The summed E-state index contributed by atoms with van der Waals surface area (Å²) in [6.45, 7) is 6.06. The molecule has 4 saturated heterocycles. The van der Waals surface area contributed by atoms with Gasteiger partial charge in [0, 0.05) is 18.3 Å². The Morgan fingerprint density at radius 3 is 2.63 bits per heavy atom. The predicted molar refractivity (Wildman–Crippen MR) is 89.8 cm³/mol. The first kappa shape index (κ1) is 19.1. The van der Waals surface area contributed by atoms with Crippen LogP contribution < -0.4 is 0 Å². The molecule has 5 fully saturated rings. The van der Waals surface area contributed by atoms with Gasteiger partial charge in [0.05, 0.1) is 12.8 Å². The number of carboxylic acid groups (broad SMARTS) is 1. The van der Waals surface area contributed by atoms with Crippen LogP contribution in [0.1, 0.15) is 59.3 Å². The summed E-state index contributed by atoms with van der Waals surface area (Å²) in [6, 6.07) is 0. The minimum absolute atomic E-state index is 0.0670. The van der Waals surface area contributed by atoms with E-state index in [1.54, 1.807) is 0 Å². The second-order valence-corrected chi connectivity index (χ2v) is 8.66. The molecular formula is C19H28O8. The number of ether oxygens (including phenoxy) is 3. The zero-order chi connectivity index (χ0) is 19.4. The maximum atomic E-state index is 12.1. The summed E-state index contributed by atoms with van der Waals surface area (Å²) in [5.74, 6) is -1.82. The van der Waals surface area contributed by atoms with Gasteiger partial charge in [-0.05, 0) is 38.0 Å². The quantitative estimate of drug-likeness (QED) is 0.583. The molecule has 1 N–H and O–H groups in total. The lowest BCUT2D eigenvalue weighted by molar-refractivity contribution is -0.576. The highest BCUT2D eigenvalue weighted by Gasteiger charge is 2.69. The van der Waals surface area contributed by atoms with Crippen molar-refractivity contribution in [3.8, 4) is 0 Å². The summed E-state index contributed by atoms with van der Waals surface area (Å²) in [5.41, 5.74) is -0.697. The Balaban J connectivity index is 1.58. The number of carboxylic acids is 1. The van der Waals surface area contributed by atoms with E-state index in [0.29, 0.717) is 12.3 Å². The standard InChI is InChI=1S/C19H28O8/c1-10-4-5-13-11(2)16(23-15(22)7-6-14(20)21)24-17-19(13)12(10)8-9-18(3,25-17)26-27-19/h10-13,16-17H,4-9H2,1-3H3,(H,20,21)/t10-,11-,12?,13?,16-,17?,18-,19-/m1/s1. The normalized spacial score (nSPS) is 48.4. The van der Waals surface area contributed by atoms with Crippen LogP contribution in [0.25, 0.3) is 0 Å². The molecule has 0 aromatic rings. The molecule has 8 nitrogen and oxygen atoms in total. The Hall–Kier alpha value is -1.22. The zero-order valence-electron chi connectivity index (χ0n) is 16.0. The highest BCUT2D eigenvalue weighted by atomic mass is 17.3. The van der Waals surface area contributed by atoms with Crippen LogP contribution in [0, 0.1) is 23.7 Å². The number of esters is 1. The molecule has 0 aromatic heterocycles. The van der Waals surface area contributed by atoms with Gasteiger partial charge >= 0.3 is 11.9 Å². The first-order valence-electron chi connectivity index (χ1n) is 9.86. The molecule has 152 valence electrons. The van der Waals surface area contributed by atoms with E-state index in [1.165, 1.54) is 0 Å². The van der Waals surface area contributed by atoms with Gasteiger partial charge in [-0.15, -0.1) is 0 Å². The second-order valence-electron chi connectivity index (χ2n) is 8.66. The van der Waals surface area contributed by atoms with Crippen LogP contribution in [-0.2, 0) is 33.6 Å². The zero-order valence-corrected chi connectivity index (χ0v) is 16.0. The topological polar surface area (TPSA) is 101 Å². The summed E-state index contributed by atoms with van der Waals surface area (Å²) >= 11 is 0. The van der Waals surface area contributed by atoms with Gasteiger partial charge in [0.2, 0.25) is 12.1 Å². The molecule has 5 aliphatic rings. The van der Waals surface area contributed by atoms with Gasteiger partial charge in [-0.25, -0.2) is 9.78 Å². The molecule has 3 unspecified atom stereocenters. The van der Waals surface area contributed by atoms with Crippen LogP contribution >= 0.6 is 0 Å². The third kappa shape index (κ3) is 3.06. The number of carbonyl (C=O) groups is 2. The summed E-state index contributed by atoms with van der Waals surface area (Å²) in [5, 5.41) is 8.76. The molecule has 1 spiro atoms. The smallest absolute Gasteiger partial charge is 0.308 e. The molecule has 8 heteroatoms.